The van der Waals surface area contributed by atoms with Gasteiger partial charge in [-0.3, -0.25) is 14.3 Å². The summed E-state index contributed by atoms with van der Waals surface area (Å²) in [7, 11) is -4.03. The Morgan fingerprint density at radius 3 is 2.40 bits per heavy atom. The minimum absolute atomic E-state index is 0.00545. The Bertz CT molecular complexity index is 1590. The molecule has 224 valence electrons. The first-order chi connectivity index (χ1) is 20.1. The highest BCUT2D eigenvalue weighted by molar-refractivity contribution is 7.51. The molecule has 0 aliphatic heterocycles. The van der Waals surface area contributed by atoms with Gasteiger partial charge in [0.15, 0.2) is 5.82 Å². The van der Waals surface area contributed by atoms with Gasteiger partial charge in [0.1, 0.15) is 17.9 Å². The lowest BCUT2D eigenvalue weighted by Crippen LogP contribution is -2.12. The van der Waals surface area contributed by atoms with Crippen LogP contribution >= 0.6 is 7.60 Å². The molecule has 0 spiro atoms. The van der Waals surface area contributed by atoms with E-state index in [2.05, 4.69) is 22.1 Å². The van der Waals surface area contributed by atoms with Crippen molar-refractivity contribution >= 4 is 41.2 Å². The third-order valence-corrected chi connectivity index (χ3v) is 7.57. The van der Waals surface area contributed by atoms with Crippen molar-refractivity contribution in [3.8, 4) is 5.75 Å². The molecule has 11 nitrogen and oxygen atoms in total. The highest BCUT2D eigenvalue weighted by Gasteiger charge is 2.12. The fraction of sp³-hybridized carbons (Fsp3) is 0.367. The molecule has 2 aromatic heterocycles. The van der Waals surface area contributed by atoms with Crippen LogP contribution < -0.4 is 10.5 Å². The Balaban J connectivity index is 1.30. The van der Waals surface area contributed by atoms with Crippen molar-refractivity contribution in [1.82, 2.24) is 9.97 Å². The molecular formula is C30H36N3O8P. The number of carboxylic acid groups (broad SMARTS) is 1. The van der Waals surface area contributed by atoms with E-state index in [1.165, 1.54) is 5.56 Å². The van der Waals surface area contributed by atoms with E-state index < -0.39 is 13.6 Å². The molecule has 2 heterocycles. The molecule has 42 heavy (non-hydrogen) atoms. The maximum absolute atomic E-state index is 10.9. The molecule has 0 atom stereocenters. The van der Waals surface area contributed by atoms with E-state index in [0.29, 0.717) is 37.6 Å². The van der Waals surface area contributed by atoms with Gasteiger partial charge in [0, 0.05) is 23.4 Å². The summed E-state index contributed by atoms with van der Waals surface area (Å²) in [4.78, 5) is 37.6. The number of rotatable bonds is 16. The zero-order chi connectivity index (χ0) is 30.1. The number of nitrogens with zero attached hydrogens (tertiary/aromatic N) is 2. The van der Waals surface area contributed by atoms with Crippen LogP contribution in [0.1, 0.15) is 28.7 Å². The van der Waals surface area contributed by atoms with Crippen LogP contribution in [0.25, 0.3) is 21.8 Å². The fourth-order valence-corrected chi connectivity index (χ4v) is 4.95. The second-order valence-electron chi connectivity index (χ2n) is 10.0. The standard InChI is InChI=1S/C30H36N3O8P/c1-20-16-24(41-13-12-39-10-11-40-14-15-42(36,37)38)7-6-23(20)5-2-22-17-26-25-8-3-21(4-9-28(34)35)18-27(25)33-30(31)29(26)32-19-22/h3,6-8,16-19H,2,4-5,9-15H2,1H3,(H2,31,33)(H,34,35)(H2,36,37,38). The quantitative estimate of drug-likeness (QED) is 0.0833. The van der Waals surface area contributed by atoms with E-state index >= 15 is 0 Å². The lowest BCUT2D eigenvalue weighted by molar-refractivity contribution is -0.136. The van der Waals surface area contributed by atoms with E-state index in [4.69, 9.17) is 34.8 Å². The number of fused-ring (bicyclic) bond motifs is 3. The topological polar surface area (TPSA) is 174 Å². The minimum atomic E-state index is -4.03. The number of carbonyl (C=O) groups is 1. The van der Waals surface area contributed by atoms with Gasteiger partial charge in [0.05, 0.1) is 38.1 Å². The highest BCUT2D eigenvalue weighted by atomic mass is 31.2. The second-order valence-corrected chi connectivity index (χ2v) is 11.8. The maximum Gasteiger partial charge on any atom is 0.327 e. The minimum Gasteiger partial charge on any atom is -0.491 e. The van der Waals surface area contributed by atoms with Gasteiger partial charge in [-0.25, -0.2) is 4.98 Å². The number of aryl methyl sites for hydroxylation is 4. The molecule has 0 saturated carbocycles. The first-order valence-electron chi connectivity index (χ1n) is 13.7. The number of hydrogen-bond acceptors (Lipinski definition) is 8. The summed E-state index contributed by atoms with van der Waals surface area (Å²) >= 11 is 0. The number of aromatic nitrogens is 2. The Labute approximate surface area is 243 Å². The number of aliphatic carboxylic acids is 1. The van der Waals surface area contributed by atoms with E-state index in [9.17, 15) is 9.36 Å². The Morgan fingerprint density at radius 1 is 0.905 bits per heavy atom. The summed E-state index contributed by atoms with van der Waals surface area (Å²) in [5.74, 6) is 0.266. The van der Waals surface area contributed by atoms with Crippen LogP contribution in [-0.2, 0) is 38.1 Å². The van der Waals surface area contributed by atoms with Crippen molar-refractivity contribution in [1.29, 1.82) is 0 Å². The largest absolute Gasteiger partial charge is 0.491 e. The van der Waals surface area contributed by atoms with Crippen LogP contribution in [0.5, 0.6) is 5.75 Å². The molecule has 0 bridgehead atoms. The van der Waals surface area contributed by atoms with Gasteiger partial charge in [-0.2, -0.15) is 0 Å². The molecule has 0 unspecified atom stereocenters. The lowest BCUT2D eigenvalue weighted by atomic mass is 9.99. The third-order valence-electron chi connectivity index (χ3n) is 6.80. The number of anilines is 1. The van der Waals surface area contributed by atoms with Gasteiger partial charge in [-0.15, -0.1) is 0 Å². The normalized spacial score (nSPS) is 11.8. The lowest BCUT2D eigenvalue weighted by Gasteiger charge is -2.12. The van der Waals surface area contributed by atoms with Crippen molar-refractivity contribution < 1.29 is 38.5 Å². The Kier molecular flexibility index (Phi) is 10.8. The molecular weight excluding hydrogens is 561 g/mol. The average Bonchev–Trinajstić information content (AvgIpc) is 2.94. The number of nitrogen functional groups attached to an aromatic ring is 1. The smallest absolute Gasteiger partial charge is 0.327 e. The number of nitrogens with two attached hydrogens (primary N) is 1. The average molecular weight is 598 g/mol. The molecule has 0 aliphatic carbocycles. The van der Waals surface area contributed by atoms with E-state index in [-0.39, 0.29) is 25.8 Å². The van der Waals surface area contributed by atoms with Gasteiger partial charge in [-0.05, 0) is 72.7 Å². The molecule has 0 saturated heterocycles. The first kappa shape index (κ1) is 31.3. The van der Waals surface area contributed by atoms with Crippen LogP contribution in [0.4, 0.5) is 5.82 Å². The molecule has 2 aromatic carbocycles. The fourth-order valence-electron chi connectivity index (χ4n) is 4.58. The van der Waals surface area contributed by atoms with Gasteiger partial charge in [-0.1, -0.05) is 18.2 Å². The summed E-state index contributed by atoms with van der Waals surface area (Å²) < 4.78 is 27.1. The number of ether oxygens (including phenoxy) is 3. The molecule has 0 radical (unpaired) electrons. The predicted octanol–water partition coefficient (Wildman–Crippen LogP) is 4.07. The van der Waals surface area contributed by atoms with Crippen molar-refractivity contribution in [2.24, 2.45) is 0 Å². The highest BCUT2D eigenvalue weighted by Crippen LogP contribution is 2.33. The predicted molar refractivity (Wildman–Crippen MR) is 160 cm³/mol. The van der Waals surface area contributed by atoms with Gasteiger partial charge in [0.2, 0.25) is 0 Å². The van der Waals surface area contributed by atoms with Crippen molar-refractivity contribution in [2.45, 2.75) is 32.6 Å². The van der Waals surface area contributed by atoms with E-state index in [1.807, 2.05) is 43.5 Å². The number of benzene rings is 2. The number of pyridine rings is 2. The summed E-state index contributed by atoms with van der Waals surface area (Å²) in [6.45, 7) is 3.37. The van der Waals surface area contributed by atoms with E-state index in [0.717, 1.165) is 51.6 Å². The van der Waals surface area contributed by atoms with Crippen molar-refractivity contribution in [3.63, 3.8) is 0 Å². The molecule has 4 aromatic rings. The van der Waals surface area contributed by atoms with E-state index in [1.54, 1.807) is 0 Å². The van der Waals surface area contributed by atoms with Crippen LogP contribution in [-0.4, -0.2) is 70.0 Å². The van der Waals surface area contributed by atoms with Gasteiger partial charge >= 0.3 is 13.6 Å². The monoisotopic (exact) mass is 597 g/mol. The molecule has 0 fully saturated rings. The van der Waals surface area contributed by atoms with Crippen LogP contribution in [0.15, 0.2) is 48.7 Å². The SMILES string of the molecule is Cc1cc(OCCOCCOCCP(=O)(O)O)ccc1CCc1cnc2c(N)nc3cc(CCC(=O)O)ccc3c2c1. The molecule has 5 N–H and O–H groups in total. The van der Waals surface area contributed by atoms with Crippen LogP contribution in [0.3, 0.4) is 0 Å². The first-order valence-corrected chi connectivity index (χ1v) is 15.5. The summed E-state index contributed by atoms with van der Waals surface area (Å²) in [6.07, 6.45) is 3.64. The summed E-state index contributed by atoms with van der Waals surface area (Å²) in [6, 6.07) is 13.9. The second kappa shape index (κ2) is 14.5. The van der Waals surface area contributed by atoms with Crippen LogP contribution in [0, 0.1) is 6.92 Å². The molecule has 4 rings (SSSR count). The zero-order valence-electron chi connectivity index (χ0n) is 23.5. The Morgan fingerprint density at radius 2 is 1.67 bits per heavy atom. The molecule has 12 heteroatoms. The van der Waals surface area contributed by atoms with Crippen molar-refractivity contribution in [2.75, 3.05) is 44.9 Å². The molecule has 0 amide bonds. The molecule has 0 aliphatic rings. The summed E-state index contributed by atoms with van der Waals surface area (Å²) in [5.41, 5.74) is 11.9. The number of carboxylic acids is 1. The van der Waals surface area contributed by atoms with Crippen LogP contribution in [0.2, 0.25) is 0 Å². The third kappa shape index (κ3) is 9.20. The van der Waals surface area contributed by atoms with Gasteiger partial charge < -0.3 is 34.8 Å². The number of hydrogen-bond donors (Lipinski definition) is 4. The summed E-state index contributed by atoms with van der Waals surface area (Å²) in [5, 5.41) is 10.8. The Hall–Kier alpha value is -3.60. The zero-order valence-corrected chi connectivity index (χ0v) is 24.4. The van der Waals surface area contributed by atoms with Gasteiger partial charge in [0.25, 0.3) is 0 Å². The van der Waals surface area contributed by atoms with Crippen molar-refractivity contribution in [3.05, 3.63) is 70.9 Å². The maximum atomic E-state index is 10.9.